The minimum Gasteiger partial charge on any atom is -0.332 e. The van der Waals surface area contributed by atoms with Crippen molar-refractivity contribution in [1.82, 2.24) is 15.0 Å². The fourth-order valence-corrected chi connectivity index (χ4v) is 2.73. The molecule has 0 amide bonds. The van der Waals surface area contributed by atoms with Crippen molar-refractivity contribution < 1.29 is 8.42 Å². The van der Waals surface area contributed by atoms with Crippen LogP contribution in [0.25, 0.3) is 0 Å². The van der Waals surface area contributed by atoms with Crippen molar-refractivity contribution in [2.75, 3.05) is 4.72 Å². The Hall–Kier alpha value is -1.89. The van der Waals surface area contributed by atoms with Gasteiger partial charge in [-0.05, 0) is 32.4 Å². The van der Waals surface area contributed by atoms with Crippen LogP contribution in [-0.2, 0) is 10.0 Å². The van der Waals surface area contributed by atoms with Crippen molar-refractivity contribution in [2.45, 2.75) is 25.8 Å². The Morgan fingerprint density at radius 2 is 1.94 bits per heavy atom. The van der Waals surface area contributed by atoms with Gasteiger partial charge in [0.2, 0.25) is 0 Å². The summed E-state index contributed by atoms with van der Waals surface area (Å²) in [6, 6.07) is 1.75. The molecule has 96 valence electrons. The van der Waals surface area contributed by atoms with E-state index in [0.717, 1.165) is 5.56 Å². The minimum atomic E-state index is -3.65. The summed E-state index contributed by atoms with van der Waals surface area (Å²) in [5.74, 6) is 0.551. The van der Waals surface area contributed by atoms with Gasteiger partial charge in [-0.1, -0.05) is 0 Å². The van der Waals surface area contributed by atoms with Gasteiger partial charge in [-0.15, -0.1) is 0 Å². The van der Waals surface area contributed by atoms with Crippen LogP contribution in [0.4, 0.5) is 5.69 Å². The number of hydrogen-bond acceptors (Lipinski definition) is 4. The van der Waals surface area contributed by atoms with Crippen molar-refractivity contribution >= 4 is 15.7 Å². The number of pyridine rings is 1. The molecular weight excluding hydrogens is 252 g/mol. The van der Waals surface area contributed by atoms with Gasteiger partial charge in [-0.25, -0.2) is 4.98 Å². The second-order valence-corrected chi connectivity index (χ2v) is 5.68. The zero-order chi connectivity index (χ0) is 13.3. The number of imidazole rings is 1. The molecule has 2 N–H and O–H groups in total. The Kier molecular flexibility index (Phi) is 3.08. The van der Waals surface area contributed by atoms with Crippen molar-refractivity contribution in [3.05, 3.63) is 35.5 Å². The first kappa shape index (κ1) is 12.6. The molecule has 2 rings (SSSR count). The van der Waals surface area contributed by atoms with E-state index < -0.39 is 10.0 Å². The van der Waals surface area contributed by atoms with Crippen LogP contribution in [0.5, 0.6) is 0 Å². The van der Waals surface area contributed by atoms with Gasteiger partial charge < -0.3 is 4.98 Å². The lowest BCUT2D eigenvalue weighted by Crippen LogP contribution is -2.15. The van der Waals surface area contributed by atoms with Crippen LogP contribution in [0.15, 0.2) is 23.5 Å². The number of aromatic nitrogens is 3. The highest BCUT2D eigenvalue weighted by molar-refractivity contribution is 7.92. The highest BCUT2D eigenvalue weighted by Crippen LogP contribution is 2.20. The molecule has 7 heteroatoms. The molecule has 0 aliphatic heterocycles. The molecule has 0 saturated heterocycles. The number of nitrogens with one attached hydrogen (secondary N) is 2. The molecule has 0 saturated carbocycles. The molecule has 6 nitrogen and oxygen atoms in total. The number of aryl methyl sites for hydroxylation is 3. The highest BCUT2D eigenvalue weighted by Gasteiger charge is 2.18. The third-order valence-electron chi connectivity index (χ3n) is 2.55. The third-order valence-corrected chi connectivity index (χ3v) is 3.81. The molecular formula is C11H14N4O2S. The molecule has 0 radical (unpaired) electrons. The lowest BCUT2D eigenvalue weighted by atomic mass is 10.2. The van der Waals surface area contributed by atoms with E-state index in [4.69, 9.17) is 0 Å². The summed E-state index contributed by atoms with van der Waals surface area (Å²) >= 11 is 0. The van der Waals surface area contributed by atoms with Crippen LogP contribution in [0.2, 0.25) is 0 Å². The molecule has 0 aliphatic carbocycles. The molecule has 2 aromatic rings. The van der Waals surface area contributed by atoms with Crippen molar-refractivity contribution in [1.29, 1.82) is 0 Å². The first-order valence-corrected chi connectivity index (χ1v) is 6.85. The van der Waals surface area contributed by atoms with E-state index in [-0.39, 0.29) is 5.03 Å². The molecule has 0 atom stereocenters. The number of nitrogens with zero attached hydrogens (tertiary/aromatic N) is 2. The molecule has 0 fully saturated rings. The van der Waals surface area contributed by atoms with Crippen LogP contribution in [0.1, 0.15) is 17.1 Å². The number of rotatable bonds is 3. The van der Waals surface area contributed by atoms with Crippen molar-refractivity contribution in [3.8, 4) is 0 Å². The zero-order valence-corrected chi connectivity index (χ0v) is 11.2. The quantitative estimate of drug-likeness (QED) is 0.881. The van der Waals surface area contributed by atoms with Crippen LogP contribution >= 0.6 is 0 Å². The van der Waals surface area contributed by atoms with Gasteiger partial charge in [-0.2, -0.15) is 8.42 Å². The normalized spacial score (nSPS) is 11.5. The van der Waals surface area contributed by atoms with Crippen molar-refractivity contribution in [2.24, 2.45) is 0 Å². The second kappa shape index (κ2) is 4.41. The summed E-state index contributed by atoms with van der Waals surface area (Å²) in [6.07, 6.45) is 2.93. The largest absolute Gasteiger partial charge is 0.332 e. The Morgan fingerprint density at radius 1 is 1.22 bits per heavy atom. The second-order valence-electron chi connectivity index (χ2n) is 4.03. The third kappa shape index (κ3) is 2.35. The topological polar surface area (TPSA) is 87.7 Å². The van der Waals surface area contributed by atoms with Crippen LogP contribution in [0.3, 0.4) is 0 Å². The van der Waals surface area contributed by atoms with Gasteiger partial charge in [0.15, 0.2) is 5.03 Å². The molecule has 0 unspecified atom stereocenters. The smallest absolute Gasteiger partial charge is 0.279 e. The van der Waals surface area contributed by atoms with Gasteiger partial charge >= 0.3 is 0 Å². The van der Waals surface area contributed by atoms with E-state index in [2.05, 4.69) is 19.7 Å². The van der Waals surface area contributed by atoms with Crippen LogP contribution in [-0.4, -0.2) is 23.4 Å². The molecule has 0 bridgehead atoms. The first-order valence-electron chi connectivity index (χ1n) is 5.37. The molecule has 2 heterocycles. The summed E-state index contributed by atoms with van der Waals surface area (Å²) < 4.78 is 26.7. The fraction of sp³-hybridized carbons (Fsp3) is 0.273. The molecule has 0 aromatic carbocycles. The van der Waals surface area contributed by atoms with Crippen LogP contribution < -0.4 is 4.72 Å². The van der Waals surface area contributed by atoms with Crippen molar-refractivity contribution in [3.63, 3.8) is 0 Å². The van der Waals surface area contributed by atoms with Gasteiger partial charge in [0, 0.05) is 6.20 Å². The Bertz CT molecular complexity index is 656. The number of sulfonamides is 1. The SMILES string of the molecule is Cc1ncc(S(=O)(=O)Nc2c(C)ccnc2C)[nH]1. The number of aromatic amines is 1. The van der Waals surface area contributed by atoms with E-state index in [1.165, 1.54) is 6.20 Å². The molecule has 0 spiro atoms. The Labute approximate surface area is 106 Å². The van der Waals surface area contributed by atoms with Gasteiger partial charge in [0.05, 0.1) is 17.6 Å². The Balaban J connectivity index is 2.40. The number of H-pyrrole nitrogens is 1. The zero-order valence-electron chi connectivity index (χ0n) is 10.4. The summed E-state index contributed by atoms with van der Waals surface area (Å²) in [7, 11) is -3.65. The number of hydrogen-bond donors (Lipinski definition) is 2. The van der Waals surface area contributed by atoms with Crippen LogP contribution in [0, 0.1) is 20.8 Å². The number of anilines is 1. The first-order chi connectivity index (χ1) is 8.40. The maximum Gasteiger partial charge on any atom is 0.279 e. The monoisotopic (exact) mass is 266 g/mol. The molecule has 2 aromatic heterocycles. The van der Waals surface area contributed by atoms with E-state index in [1.54, 1.807) is 26.1 Å². The average molecular weight is 266 g/mol. The van der Waals surface area contributed by atoms with E-state index in [1.807, 2.05) is 6.92 Å². The molecule has 0 aliphatic rings. The lowest BCUT2D eigenvalue weighted by molar-refractivity contribution is 0.598. The fourth-order valence-electron chi connectivity index (χ4n) is 1.57. The standard InChI is InChI=1S/C11H14N4O2S/c1-7-4-5-12-8(2)11(7)15-18(16,17)10-6-13-9(3)14-10/h4-6,15H,1-3H3,(H,13,14). The predicted octanol–water partition coefficient (Wildman–Crippen LogP) is 1.53. The van der Waals surface area contributed by atoms with Gasteiger partial charge in [0.1, 0.15) is 5.82 Å². The van der Waals surface area contributed by atoms with E-state index in [9.17, 15) is 8.42 Å². The van der Waals surface area contributed by atoms with E-state index in [0.29, 0.717) is 17.2 Å². The van der Waals surface area contributed by atoms with Gasteiger partial charge in [-0.3, -0.25) is 9.71 Å². The van der Waals surface area contributed by atoms with Gasteiger partial charge in [0.25, 0.3) is 10.0 Å². The summed E-state index contributed by atoms with van der Waals surface area (Å²) in [4.78, 5) is 10.6. The highest BCUT2D eigenvalue weighted by atomic mass is 32.2. The maximum absolute atomic E-state index is 12.1. The average Bonchev–Trinajstić information content (AvgIpc) is 2.71. The summed E-state index contributed by atoms with van der Waals surface area (Å²) in [5.41, 5.74) is 1.96. The summed E-state index contributed by atoms with van der Waals surface area (Å²) in [5, 5.41) is 0.0441. The maximum atomic E-state index is 12.1. The molecule has 18 heavy (non-hydrogen) atoms. The summed E-state index contributed by atoms with van der Waals surface area (Å²) in [6.45, 7) is 5.27. The lowest BCUT2D eigenvalue weighted by Gasteiger charge is -2.11. The predicted molar refractivity (Wildman–Crippen MR) is 67.8 cm³/mol. The van der Waals surface area contributed by atoms with E-state index >= 15 is 0 Å². The Morgan fingerprint density at radius 3 is 2.50 bits per heavy atom. The minimum absolute atomic E-state index is 0.0441.